The van der Waals surface area contributed by atoms with Gasteiger partial charge < -0.3 is 0 Å². The molecular formula is C22H34N2. The van der Waals surface area contributed by atoms with E-state index in [0.29, 0.717) is 0 Å². The normalized spacial score (nSPS) is 11.3. The maximum absolute atomic E-state index is 5.06. The molecule has 2 rings (SSSR count). The van der Waals surface area contributed by atoms with E-state index in [2.05, 4.69) is 39.8 Å². The van der Waals surface area contributed by atoms with Gasteiger partial charge in [0.1, 0.15) is 0 Å². The average Bonchev–Trinajstić information content (AvgIpc) is 2.61. The summed E-state index contributed by atoms with van der Waals surface area (Å²) in [5, 5.41) is 2.73. The second-order valence-electron chi connectivity index (χ2n) is 6.88. The van der Waals surface area contributed by atoms with Crippen LogP contribution in [-0.4, -0.2) is 9.97 Å². The molecule has 0 aliphatic carbocycles. The molecule has 24 heavy (non-hydrogen) atoms. The van der Waals surface area contributed by atoms with Gasteiger partial charge in [0.05, 0.1) is 11.4 Å². The second kappa shape index (κ2) is 9.76. The second-order valence-corrected chi connectivity index (χ2v) is 6.88. The number of rotatable bonds is 10. The van der Waals surface area contributed by atoms with E-state index in [1.807, 2.05) is 0 Å². The van der Waals surface area contributed by atoms with E-state index in [1.54, 1.807) is 0 Å². The SMILES string of the molecule is CCCCc1cc2cc(CC)nc(CCCC)c2c(CCCC)n1. The van der Waals surface area contributed by atoms with Gasteiger partial charge in [-0.3, -0.25) is 9.97 Å². The quantitative estimate of drug-likeness (QED) is 0.518. The van der Waals surface area contributed by atoms with E-state index in [4.69, 9.17) is 9.97 Å². The molecule has 0 aliphatic heterocycles. The van der Waals surface area contributed by atoms with Gasteiger partial charge in [0, 0.05) is 16.8 Å². The first kappa shape index (κ1) is 18.9. The first-order valence-electron chi connectivity index (χ1n) is 10.0. The summed E-state index contributed by atoms with van der Waals surface area (Å²) >= 11 is 0. The third-order valence-corrected chi connectivity index (χ3v) is 4.75. The molecule has 2 nitrogen and oxygen atoms in total. The molecule has 0 aliphatic rings. The standard InChI is InChI=1S/C22H34N2/c1-5-9-12-19-16-17-15-18(8-4)23-20(13-10-6-2)22(17)21(24-19)14-11-7-3/h15-16H,5-14H2,1-4H3. The number of aryl methyl sites for hydroxylation is 4. The van der Waals surface area contributed by atoms with Gasteiger partial charge in [-0.15, -0.1) is 0 Å². The van der Waals surface area contributed by atoms with Crippen LogP contribution in [0.3, 0.4) is 0 Å². The van der Waals surface area contributed by atoms with E-state index < -0.39 is 0 Å². The van der Waals surface area contributed by atoms with Crippen molar-refractivity contribution in [3.05, 3.63) is 34.9 Å². The van der Waals surface area contributed by atoms with Gasteiger partial charge in [0.25, 0.3) is 0 Å². The number of unbranched alkanes of at least 4 members (excludes halogenated alkanes) is 3. The highest BCUT2D eigenvalue weighted by molar-refractivity contribution is 5.87. The zero-order valence-electron chi connectivity index (χ0n) is 16.1. The lowest BCUT2D eigenvalue weighted by Crippen LogP contribution is -2.04. The molecule has 132 valence electrons. The van der Waals surface area contributed by atoms with Crippen molar-refractivity contribution in [2.24, 2.45) is 0 Å². The molecule has 2 heterocycles. The Morgan fingerprint density at radius 2 is 1.17 bits per heavy atom. The molecule has 0 saturated heterocycles. The van der Waals surface area contributed by atoms with Crippen LogP contribution < -0.4 is 0 Å². The smallest absolute Gasteiger partial charge is 0.0503 e. The third-order valence-electron chi connectivity index (χ3n) is 4.75. The lowest BCUT2D eigenvalue weighted by atomic mass is 9.98. The maximum atomic E-state index is 5.06. The number of fused-ring (bicyclic) bond motifs is 1. The Hall–Kier alpha value is -1.44. The van der Waals surface area contributed by atoms with Crippen molar-refractivity contribution in [1.82, 2.24) is 9.97 Å². The first-order chi connectivity index (χ1) is 11.7. The highest BCUT2D eigenvalue weighted by Crippen LogP contribution is 2.26. The van der Waals surface area contributed by atoms with Crippen molar-refractivity contribution in [2.45, 2.75) is 91.9 Å². The highest BCUT2D eigenvalue weighted by Gasteiger charge is 2.13. The molecule has 0 aromatic carbocycles. The van der Waals surface area contributed by atoms with Crippen LogP contribution in [0, 0.1) is 0 Å². The van der Waals surface area contributed by atoms with E-state index in [9.17, 15) is 0 Å². The molecule has 2 aromatic rings. The van der Waals surface area contributed by atoms with E-state index in [-0.39, 0.29) is 0 Å². The van der Waals surface area contributed by atoms with Crippen molar-refractivity contribution < 1.29 is 0 Å². The zero-order chi connectivity index (χ0) is 17.4. The number of aromatic nitrogens is 2. The molecule has 0 unspecified atom stereocenters. The summed E-state index contributed by atoms with van der Waals surface area (Å²) in [5.41, 5.74) is 5.07. The third kappa shape index (κ3) is 4.78. The Bertz CT molecular complexity index is 646. The van der Waals surface area contributed by atoms with Crippen LogP contribution in [0.5, 0.6) is 0 Å². The average molecular weight is 327 g/mol. The minimum Gasteiger partial charge on any atom is -0.257 e. The van der Waals surface area contributed by atoms with Gasteiger partial charge in [-0.25, -0.2) is 0 Å². The molecule has 2 heteroatoms. The number of nitrogens with zero attached hydrogens (tertiary/aromatic N) is 2. The summed E-state index contributed by atoms with van der Waals surface area (Å²) < 4.78 is 0. The molecule has 0 bridgehead atoms. The zero-order valence-corrected chi connectivity index (χ0v) is 16.1. The van der Waals surface area contributed by atoms with Crippen molar-refractivity contribution in [3.63, 3.8) is 0 Å². The van der Waals surface area contributed by atoms with Crippen molar-refractivity contribution in [2.75, 3.05) is 0 Å². The monoisotopic (exact) mass is 326 g/mol. The van der Waals surface area contributed by atoms with Crippen molar-refractivity contribution in [3.8, 4) is 0 Å². The number of hydrogen-bond acceptors (Lipinski definition) is 2. The molecular weight excluding hydrogens is 292 g/mol. The Morgan fingerprint density at radius 3 is 1.71 bits per heavy atom. The molecule has 0 N–H and O–H groups in total. The molecule has 2 aromatic heterocycles. The fourth-order valence-corrected chi connectivity index (χ4v) is 3.29. The van der Waals surface area contributed by atoms with Crippen molar-refractivity contribution in [1.29, 1.82) is 0 Å². The summed E-state index contributed by atoms with van der Waals surface area (Å²) in [7, 11) is 0. The van der Waals surface area contributed by atoms with E-state index in [0.717, 1.165) is 25.7 Å². The number of hydrogen-bond donors (Lipinski definition) is 0. The Balaban J connectivity index is 2.56. The Labute approximate surface area is 148 Å². The van der Waals surface area contributed by atoms with Gasteiger partial charge in [-0.05, 0) is 62.5 Å². The summed E-state index contributed by atoms with van der Waals surface area (Å²) in [5.74, 6) is 0. The molecule has 0 spiro atoms. The van der Waals surface area contributed by atoms with Crippen molar-refractivity contribution >= 4 is 10.8 Å². The molecule has 0 saturated carbocycles. The Kier molecular flexibility index (Phi) is 7.68. The lowest BCUT2D eigenvalue weighted by Gasteiger charge is -2.14. The van der Waals surface area contributed by atoms with Gasteiger partial charge in [0.15, 0.2) is 0 Å². The van der Waals surface area contributed by atoms with Crippen LogP contribution in [-0.2, 0) is 25.7 Å². The van der Waals surface area contributed by atoms with Gasteiger partial charge in [-0.2, -0.15) is 0 Å². The van der Waals surface area contributed by atoms with Crippen LogP contribution in [0.25, 0.3) is 10.8 Å². The molecule has 0 atom stereocenters. The summed E-state index contributed by atoms with van der Waals surface area (Å²) in [6, 6.07) is 4.63. The highest BCUT2D eigenvalue weighted by atomic mass is 14.8. The van der Waals surface area contributed by atoms with Crippen LogP contribution in [0.1, 0.15) is 89.0 Å². The molecule has 0 fully saturated rings. The fourth-order valence-electron chi connectivity index (χ4n) is 3.29. The van der Waals surface area contributed by atoms with Crippen LogP contribution in [0.15, 0.2) is 12.1 Å². The molecule has 0 radical (unpaired) electrons. The predicted octanol–water partition coefficient (Wildman–Crippen LogP) is 6.22. The lowest BCUT2D eigenvalue weighted by molar-refractivity contribution is 0.745. The Morgan fingerprint density at radius 1 is 0.667 bits per heavy atom. The van der Waals surface area contributed by atoms with Crippen LogP contribution in [0.2, 0.25) is 0 Å². The van der Waals surface area contributed by atoms with E-state index >= 15 is 0 Å². The largest absolute Gasteiger partial charge is 0.257 e. The van der Waals surface area contributed by atoms with Crippen LogP contribution in [0.4, 0.5) is 0 Å². The van der Waals surface area contributed by atoms with Gasteiger partial charge >= 0.3 is 0 Å². The predicted molar refractivity (Wildman–Crippen MR) is 105 cm³/mol. The minimum absolute atomic E-state index is 1.01. The number of pyridine rings is 2. The van der Waals surface area contributed by atoms with Gasteiger partial charge in [0.2, 0.25) is 0 Å². The summed E-state index contributed by atoms with van der Waals surface area (Å²) in [6.07, 6.45) is 11.6. The summed E-state index contributed by atoms with van der Waals surface area (Å²) in [4.78, 5) is 10.0. The molecule has 0 amide bonds. The summed E-state index contributed by atoms with van der Waals surface area (Å²) in [6.45, 7) is 8.97. The first-order valence-corrected chi connectivity index (χ1v) is 10.0. The van der Waals surface area contributed by atoms with Crippen LogP contribution >= 0.6 is 0 Å². The van der Waals surface area contributed by atoms with E-state index in [1.165, 1.54) is 72.1 Å². The maximum Gasteiger partial charge on any atom is 0.0503 e. The topological polar surface area (TPSA) is 25.8 Å². The fraction of sp³-hybridized carbons (Fsp3) is 0.636. The minimum atomic E-state index is 1.01. The van der Waals surface area contributed by atoms with Gasteiger partial charge in [-0.1, -0.05) is 47.0 Å².